The van der Waals surface area contributed by atoms with Gasteiger partial charge in [0.05, 0.1) is 5.69 Å². The number of likely N-dealkylation sites (tertiary alicyclic amines) is 1. The maximum atomic E-state index is 4.53. The molecule has 0 radical (unpaired) electrons. The van der Waals surface area contributed by atoms with Crippen LogP contribution in [-0.4, -0.2) is 36.6 Å². The monoisotopic (exact) mass is 261 g/mol. The van der Waals surface area contributed by atoms with E-state index < -0.39 is 0 Å². The normalized spacial score (nSPS) is 19.8. The molecule has 0 unspecified atom stereocenters. The number of anilines is 1. The fraction of sp³-hybridized carbons (Fsp3) is 0.688. The molecule has 3 heteroatoms. The third kappa shape index (κ3) is 3.93. The van der Waals surface area contributed by atoms with Crippen molar-refractivity contribution in [2.45, 2.75) is 51.6 Å². The average molecular weight is 261 g/mol. The van der Waals surface area contributed by atoms with Crippen LogP contribution in [0.4, 0.5) is 5.69 Å². The Morgan fingerprint density at radius 2 is 2.26 bits per heavy atom. The van der Waals surface area contributed by atoms with Gasteiger partial charge in [0.2, 0.25) is 0 Å². The van der Waals surface area contributed by atoms with E-state index in [9.17, 15) is 0 Å². The van der Waals surface area contributed by atoms with E-state index in [1.165, 1.54) is 50.0 Å². The first kappa shape index (κ1) is 14.3. The van der Waals surface area contributed by atoms with Gasteiger partial charge in [0, 0.05) is 38.6 Å². The average Bonchev–Trinajstić information content (AvgIpc) is 2.84. The lowest BCUT2D eigenvalue weighted by Crippen LogP contribution is -2.29. The Labute approximate surface area is 117 Å². The quantitative estimate of drug-likeness (QED) is 0.783. The SMILES string of the molecule is CCCC[C@H]1CCCN1Cc1cc(N(C)C)ccn1. The third-order valence-corrected chi connectivity index (χ3v) is 4.07. The van der Waals surface area contributed by atoms with Gasteiger partial charge in [0.1, 0.15) is 0 Å². The first-order valence-corrected chi connectivity index (χ1v) is 7.57. The number of hydrogen-bond acceptors (Lipinski definition) is 3. The Bertz CT molecular complexity index is 389. The van der Waals surface area contributed by atoms with Crippen molar-refractivity contribution in [1.29, 1.82) is 0 Å². The largest absolute Gasteiger partial charge is 0.378 e. The number of rotatable bonds is 6. The minimum atomic E-state index is 0.782. The molecule has 3 nitrogen and oxygen atoms in total. The molecule has 106 valence electrons. The Balaban J connectivity index is 1.97. The van der Waals surface area contributed by atoms with Crippen molar-refractivity contribution in [3.63, 3.8) is 0 Å². The summed E-state index contributed by atoms with van der Waals surface area (Å²) in [6.45, 7) is 4.53. The van der Waals surface area contributed by atoms with Crippen LogP contribution in [0.25, 0.3) is 0 Å². The molecule has 1 atom stereocenters. The first-order chi connectivity index (χ1) is 9.20. The molecule has 0 spiro atoms. The predicted molar refractivity (Wildman–Crippen MR) is 81.5 cm³/mol. The minimum absolute atomic E-state index is 0.782. The molecule has 19 heavy (non-hydrogen) atoms. The summed E-state index contributed by atoms with van der Waals surface area (Å²) in [6.07, 6.45) is 8.66. The van der Waals surface area contributed by atoms with Crippen LogP contribution in [0.15, 0.2) is 18.3 Å². The standard InChI is InChI=1S/C16H27N3/c1-4-5-7-15-8-6-11-19(15)13-14-12-16(18(2)3)9-10-17-14/h9-10,12,15H,4-8,11,13H2,1-3H3/t15-/m0/s1. The summed E-state index contributed by atoms with van der Waals surface area (Å²) >= 11 is 0. The van der Waals surface area contributed by atoms with Gasteiger partial charge in [0.25, 0.3) is 0 Å². The molecule has 1 aliphatic rings. The van der Waals surface area contributed by atoms with Crippen molar-refractivity contribution in [3.8, 4) is 0 Å². The van der Waals surface area contributed by atoms with Crippen molar-refractivity contribution < 1.29 is 0 Å². The fourth-order valence-electron chi connectivity index (χ4n) is 2.91. The molecule has 0 saturated carbocycles. The molecule has 1 saturated heterocycles. The first-order valence-electron chi connectivity index (χ1n) is 7.57. The van der Waals surface area contributed by atoms with E-state index in [1.807, 2.05) is 6.20 Å². The lowest BCUT2D eigenvalue weighted by atomic mass is 10.1. The highest BCUT2D eigenvalue weighted by molar-refractivity contribution is 5.44. The smallest absolute Gasteiger partial charge is 0.0564 e. The highest BCUT2D eigenvalue weighted by Crippen LogP contribution is 2.24. The van der Waals surface area contributed by atoms with Gasteiger partial charge >= 0.3 is 0 Å². The fourth-order valence-corrected chi connectivity index (χ4v) is 2.91. The van der Waals surface area contributed by atoms with Gasteiger partial charge < -0.3 is 4.90 Å². The Kier molecular flexibility index (Phi) is 5.20. The molecule has 0 bridgehead atoms. The van der Waals surface area contributed by atoms with E-state index in [2.05, 4.69) is 47.9 Å². The number of pyridine rings is 1. The molecule has 1 fully saturated rings. The van der Waals surface area contributed by atoms with Crippen LogP contribution in [-0.2, 0) is 6.54 Å². The van der Waals surface area contributed by atoms with Gasteiger partial charge in [-0.05, 0) is 37.9 Å². The second-order valence-corrected chi connectivity index (χ2v) is 5.81. The lowest BCUT2D eigenvalue weighted by Gasteiger charge is -2.24. The Morgan fingerprint density at radius 3 is 3.00 bits per heavy atom. The Hall–Kier alpha value is -1.09. The van der Waals surface area contributed by atoms with Gasteiger partial charge in [-0.15, -0.1) is 0 Å². The van der Waals surface area contributed by atoms with Gasteiger partial charge in [-0.3, -0.25) is 9.88 Å². The van der Waals surface area contributed by atoms with Crippen LogP contribution >= 0.6 is 0 Å². The van der Waals surface area contributed by atoms with Gasteiger partial charge in [-0.25, -0.2) is 0 Å². The summed E-state index contributed by atoms with van der Waals surface area (Å²) in [5, 5.41) is 0. The molecule has 0 aliphatic carbocycles. The summed E-state index contributed by atoms with van der Waals surface area (Å²) in [7, 11) is 4.16. The summed E-state index contributed by atoms with van der Waals surface area (Å²) in [5.41, 5.74) is 2.45. The summed E-state index contributed by atoms with van der Waals surface area (Å²) in [6, 6.07) is 5.07. The maximum Gasteiger partial charge on any atom is 0.0564 e. The van der Waals surface area contributed by atoms with Gasteiger partial charge in [-0.1, -0.05) is 19.8 Å². The lowest BCUT2D eigenvalue weighted by molar-refractivity contribution is 0.228. The number of unbranched alkanes of at least 4 members (excludes halogenated alkanes) is 1. The number of hydrogen-bond donors (Lipinski definition) is 0. The summed E-state index contributed by atoms with van der Waals surface area (Å²) < 4.78 is 0. The van der Waals surface area contributed by atoms with Crippen molar-refractivity contribution in [1.82, 2.24) is 9.88 Å². The second-order valence-electron chi connectivity index (χ2n) is 5.81. The summed E-state index contributed by atoms with van der Waals surface area (Å²) in [5.74, 6) is 0. The topological polar surface area (TPSA) is 19.4 Å². The molecule has 2 heterocycles. The third-order valence-electron chi connectivity index (χ3n) is 4.07. The zero-order valence-electron chi connectivity index (χ0n) is 12.6. The summed E-state index contributed by atoms with van der Waals surface area (Å²) in [4.78, 5) is 9.30. The van der Waals surface area contributed by atoms with Crippen LogP contribution < -0.4 is 4.90 Å². The van der Waals surface area contributed by atoms with E-state index in [0.717, 1.165) is 12.6 Å². The second kappa shape index (κ2) is 6.90. The molecular formula is C16H27N3. The van der Waals surface area contributed by atoms with Crippen LogP contribution in [0.2, 0.25) is 0 Å². The van der Waals surface area contributed by atoms with E-state index in [4.69, 9.17) is 0 Å². The van der Waals surface area contributed by atoms with Crippen molar-refractivity contribution in [2.75, 3.05) is 25.5 Å². The van der Waals surface area contributed by atoms with Crippen LogP contribution in [0.1, 0.15) is 44.7 Å². The Morgan fingerprint density at radius 1 is 1.42 bits per heavy atom. The molecule has 0 aromatic carbocycles. The number of aromatic nitrogens is 1. The van der Waals surface area contributed by atoms with Crippen molar-refractivity contribution in [2.24, 2.45) is 0 Å². The van der Waals surface area contributed by atoms with Crippen molar-refractivity contribution in [3.05, 3.63) is 24.0 Å². The maximum absolute atomic E-state index is 4.53. The zero-order valence-corrected chi connectivity index (χ0v) is 12.6. The van der Waals surface area contributed by atoms with E-state index in [1.54, 1.807) is 0 Å². The molecule has 0 amide bonds. The van der Waals surface area contributed by atoms with Crippen LogP contribution in [0.5, 0.6) is 0 Å². The number of nitrogens with zero attached hydrogens (tertiary/aromatic N) is 3. The molecular weight excluding hydrogens is 234 g/mol. The zero-order chi connectivity index (χ0) is 13.7. The molecule has 1 aromatic heterocycles. The molecule has 2 rings (SSSR count). The van der Waals surface area contributed by atoms with Crippen LogP contribution in [0, 0.1) is 0 Å². The highest BCUT2D eigenvalue weighted by Gasteiger charge is 2.24. The van der Waals surface area contributed by atoms with E-state index in [0.29, 0.717) is 0 Å². The highest BCUT2D eigenvalue weighted by atomic mass is 15.2. The molecule has 1 aliphatic heterocycles. The van der Waals surface area contributed by atoms with E-state index >= 15 is 0 Å². The van der Waals surface area contributed by atoms with E-state index in [-0.39, 0.29) is 0 Å². The predicted octanol–water partition coefficient (Wildman–Crippen LogP) is 3.30. The molecule has 0 N–H and O–H groups in total. The van der Waals surface area contributed by atoms with Crippen molar-refractivity contribution >= 4 is 5.69 Å². The minimum Gasteiger partial charge on any atom is -0.378 e. The van der Waals surface area contributed by atoms with Crippen LogP contribution in [0.3, 0.4) is 0 Å². The van der Waals surface area contributed by atoms with Gasteiger partial charge in [-0.2, -0.15) is 0 Å². The molecule has 1 aromatic rings. The van der Waals surface area contributed by atoms with Gasteiger partial charge in [0.15, 0.2) is 0 Å².